The summed E-state index contributed by atoms with van der Waals surface area (Å²) in [6.07, 6.45) is 10.9. The van der Waals surface area contributed by atoms with Crippen molar-refractivity contribution in [1.82, 2.24) is 0 Å². The molecule has 0 aliphatic heterocycles. The molecule has 0 fully saturated rings. The van der Waals surface area contributed by atoms with Crippen LogP contribution in [-0.4, -0.2) is 16.0 Å². The van der Waals surface area contributed by atoms with E-state index in [1.807, 2.05) is 6.08 Å². The van der Waals surface area contributed by atoms with E-state index >= 15 is 0 Å². The summed E-state index contributed by atoms with van der Waals surface area (Å²) >= 11 is 0. The highest BCUT2D eigenvalue weighted by molar-refractivity contribution is 6.10. The van der Waals surface area contributed by atoms with Gasteiger partial charge in [0.25, 0.3) is 0 Å². The zero-order chi connectivity index (χ0) is 13.9. The highest BCUT2D eigenvalue weighted by Crippen LogP contribution is 2.17. The van der Waals surface area contributed by atoms with Crippen LogP contribution < -0.4 is 0 Å². The number of phenols is 1. The van der Waals surface area contributed by atoms with E-state index in [1.54, 1.807) is 30.3 Å². The van der Waals surface area contributed by atoms with Gasteiger partial charge in [-0.05, 0) is 31.1 Å². The van der Waals surface area contributed by atoms with Crippen molar-refractivity contribution in [1.29, 1.82) is 0 Å². The van der Waals surface area contributed by atoms with Crippen LogP contribution in [0.1, 0.15) is 51.0 Å². The molecule has 0 amide bonds. The maximum Gasteiger partial charge on any atom is 0.125 e. The monoisotopic (exact) mass is 261 g/mol. The number of para-hydroxylation sites is 1. The zero-order valence-electron chi connectivity index (χ0n) is 11.5. The number of unbranched alkanes of at least 4 members (excludes halogenated alkanes) is 5. The molecule has 0 aliphatic carbocycles. The third-order valence-electron chi connectivity index (χ3n) is 3.04. The molecule has 0 spiro atoms. The number of nitrogens with zero attached hydrogens (tertiary/aromatic N) is 1. The van der Waals surface area contributed by atoms with E-state index in [0.29, 0.717) is 11.3 Å². The number of benzene rings is 1. The van der Waals surface area contributed by atoms with Gasteiger partial charge in [-0.15, -0.1) is 0 Å². The Morgan fingerprint density at radius 3 is 2.58 bits per heavy atom. The van der Waals surface area contributed by atoms with Crippen LogP contribution >= 0.6 is 0 Å². The van der Waals surface area contributed by atoms with Crippen LogP contribution in [0.3, 0.4) is 0 Å². The van der Waals surface area contributed by atoms with E-state index in [1.165, 1.54) is 25.7 Å². The summed E-state index contributed by atoms with van der Waals surface area (Å²) in [4.78, 5) is 0. The Bertz CT molecular complexity index is 425. The third kappa shape index (κ3) is 5.60. The number of allylic oxidation sites excluding steroid dienone is 2. The summed E-state index contributed by atoms with van der Waals surface area (Å²) in [6, 6.07) is 6.86. The Morgan fingerprint density at radius 2 is 1.89 bits per heavy atom. The first-order valence-electron chi connectivity index (χ1n) is 6.96. The molecule has 0 aromatic heterocycles. The van der Waals surface area contributed by atoms with Gasteiger partial charge in [-0.2, -0.15) is 0 Å². The van der Waals surface area contributed by atoms with Crippen molar-refractivity contribution >= 4 is 5.71 Å². The van der Waals surface area contributed by atoms with E-state index < -0.39 is 0 Å². The fraction of sp³-hybridized carbons (Fsp3) is 0.438. The van der Waals surface area contributed by atoms with Gasteiger partial charge in [0.15, 0.2) is 0 Å². The maximum atomic E-state index is 9.69. The fourth-order valence-electron chi connectivity index (χ4n) is 1.93. The number of rotatable bonds is 8. The van der Waals surface area contributed by atoms with Crippen molar-refractivity contribution < 1.29 is 10.3 Å². The van der Waals surface area contributed by atoms with Gasteiger partial charge >= 0.3 is 0 Å². The summed E-state index contributed by atoms with van der Waals surface area (Å²) in [5, 5.41) is 21.9. The van der Waals surface area contributed by atoms with Gasteiger partial charge in [-0.3, -0.25) is 0 Å². The second-order valence-corrected chi connectivity index (χ2v) is 4.61. The van der Waals surface area contributed by atoms with Crippen LogP contribution in [0.25, 0.3) is 0 Å². The lowest BCUT2D eigenvalue weighted by atomic mass is 10.1. The van der Waals surface area contributed by atoms with E-state index in [0.717, 1.165) is 12.8 Å². The lowest BCUT2D eigenvalue weighted by Crippen LogP contribution is -1.96. The lowest BCUT2D eigenvalue weighted by Gasteiger charge is -2.02. The minimum absolute atomic E-state index is 0.128. The lowest BCUT2D eigenvalue weighted by molar-refractivity contribution is 0.319. The average Bonchev–Trinajstić information content (AvgIpc) is 2.43. The molecule has 3 heteroatoms. The van der Waals surface area contributed by atoms with Gasteiger partial charge in [0, 0.05) is 5.56 Å². The van der Waals surface area contributed by atoms with E-state index in [2.05, 4.69) is 12.1 Å². The molecule has 19 heavy (non-hydrogen) atoms. The molecular weight excluding hydrogens is 238 g/mol. The molecule has 0 bridgehead atoms. The molecule has 0 aliphatic rings. The summed E-state index contributed by atoms with van der Waals surface area (Å²) in [5.41, 5.74) is 0.943. The topological polar surface area (TPSA) is 52.8 Å². The quantitative estimate of drug-likeness (QED) is 0.313. The first-order chi connectivity index (χ1) is 9.29. The fourth-order valence-corrected chi connectivity index (χ4v) is 1.93. The van der Waals surface area contributed by atoms with Crippen LogP contribution in [0.5, 0.6) is 5.75 Å². The zero-order valence-corrected chi connectivity index (χ0v) is 11.5. The standard InChI is InChI=1S/C16H23NO2/c1-2-3-4-5-6-7-8-12-15(17-19)14-11-9-10-13-16(14)18/h8-13,18-19H,2-7H2,1H3. The molecule has 104 valence electrons. The van der Waals surface area contributed by atoms with Crippen molar-refractivity contribution in [2.24, 2.45) is 5.16 Å². The van der Waals surface area contributed by atoms with E-state index in [9.17, 15) is 5.11 Å². The molecule has 1 rings (SSSR count). The predicted molar refractivity (Wildman–Crippen MR) is 78.9 cm³/mol. The predicted octanol–water partition coefficient (Wildman–Crippen LogP) is 4.49. The van der Waals surface area contributed by atoms with Gasteiger partial charge in [0.1, 0.15) is 11.5 Å². The molecule has 0 saturated carbocycles. The molecule has 2 N–H and O–H groups in total. The largest absolute Gasteiger partial charge is 0.507 e. The van der Waals surface area contributed by atoms with Gasteiger partial charge in [0.2, 0.25) is 0 Å². The Morgan fingerprint density at radius 1 is 1.16 bits per heavy atom. The first-order valence-corrected chi connectivity index (χ1v) is 6.96. The minimum atomic E-state index is 0.128. The highest BCUT2D eigenvalue weighted by Gasteiger charge is 2.05. The molecular formula is C16H23NO2. The van der Waals surface area contributed by atoms with Crippen molar-refractivity contribution in [3.63, 3.8) is 0 Å². The second-order valence-electron chi connectivity index (χ2n) is 4.61. The van der Waals surface area contributed by atoms with Gasteiger partial charge < -0.3 is 10.3 Å². The van der Waals surface area contributed by atoms with Crippen LogP contribution in [0.2, 0.25) is 0 Å². The molecule has 0 atom stereocenters. The normalized spacial score (nSPS) is 12.2. The van der Waals surface area contributed by atoms with Crippen LogP contribution in [0, 0.1) is 0 Å². The van der Waals surface area contributed by atoms with Crippen molar-refractivity contribution in [2.75, 3.05) is 0 Å². The minimum Gasteiger partial charge on any atom is -0.507 e. The van der Waals surface area contributed by atoms with Gasteiger partial charge in [-0.1, -0.05) is 56.0 Å². The summed E-state index contributed by atoms with van der Waals surface area (Å²) < 4.78 is 0. The Hall–Kier alpha value is -1.77. The van der Waals surface area contributed by atoms with Crippen LogP contribution in [0.15, 0.2) is 41.6 Å². The Balaban J connectivity index is 2.43. The molecule has 0 saturated heterocycles. The third-order valence-corrected chi connectivity index (χ3v) is 3.04. The number of phenolic OH excluding ortho intramolecular Hbond substituents is 1. The van der Waals surface area contributed by atoms with Crippen LogP contribution in [-0.2, 0) is 0 Å². The molecule has 3 nitrogen and oxygen atoms in total. The van der Waals surface area contributed by atoms with Crippen molar-refractivity contribution in [2.45, 2.75) is 45.4 Å². The molecule has 1 aromatic carbocycles. The number of hydrogen-bond donors (Lipinski definition) is 2. The Labute approximate surface area is 115 Å². The summed E-state index contributed by atoms with van der Waals surface area (Å²) in [6.45, 7) is 2.20. The number of hydrogen-bond acceptors (Lipinski definition) is 3. The van der Waals surface area contributed by atoms with Crippen molar-refractivity contribution in [3.8, 4) is 5.75 Å². The van der Waals surface area contributed by atoms with Gasteiger partial charge in [0.05, 0.1) is 0 Å². The average molecular weight is 261 g/mol. The first kappa shape index (κ1) is 15.3. The van der Waals surface area contributed by atoms with E-state index in [-0.39, 0.29) is 5.75 Å². The van der Waals surface area contributed by atoms with E-state index in [4.69, 9.17) is 5.21 Å². The SMILES string of the molecule is CCCCCCCC=CC(=NO)c1ccccc1O. The van der Waals surface area contributed by atoms with Crippen molar-refractivity contribution in [3.05, 3.63) is 42.0 Å². The number of aromatic hydroxyl groups is 1. The maximum absolute atomic E-state index is 9.69. The van der Waals surface area contributed by atoms with Crippen LogP contribution in [0.4, 0.5) is 0 Å². The second kappa shape index (κ2) is 9.20. The summed E-state index contributed by atoms with van der Waals surface area (Å²) in [7, 11) is 0. The summed E-state index contributed by atoms with van der Waals surface area (Å²) in [5.74, 6) is 0.128. The highest BCUT2D eigenvalue weighted by atomic mass is 16.4. The number of oxime groups is 1. The molecule has 0 unspecified atom stereocenters. The smallest absolute Gasteiger partial charge is 0.125 e. The molecule has 0 heterocycles. The van der Waals surface area contributed by atoms with Gasteiger partial charge in [-0.25, -0.2) is 0 Å². The molecule has 0 radical (unpaired) electrons. The Kier molecular flexibility index (Phi) is 7.40. The molecule has 1 aromatic rings.